The minimum Gasteiger partial charge on any atom is -0.373 e. The topological polar surface area (TPSA) is 75.7 Å². The highest BCUT2D eigenvalue weighted by Gasteiger charge is 2.30. The van der Waals surface area contributed by atoms with E-state index in [-0.39, 0.29) is 30.4 Å². The number of nitrogens with one attached hydrogen (secondary N) is 1. The number of hydrogen-bond acceptors (Lipinski definition) is 4. The number of carbonyl (C=O) groups is 1. The third-order valence-corrected chi connectivity index (χ3v) is 6.04. The molecular weight excluding hydrogens is 384 g/mol. The molecule has 1 aliphatic heterocycles. The quantitative estimate of drug-likeness (QED) is 0.808. The zero-order valence-corrected chi connectivity index (χ0v) is 15.6. The molecule has 1 saturated heterocycles. The smallest absolute Gasteiger partial charge is 0.252 e. The Morgan fingerprint density at radius 1 is 1.30 bits per heavy atom. The van der Waals surface area contributed by atoms with Crippen LogP contribution in [-0.2, 0) is 14.8 Å². The molecule has 1 fully saturated rings. The van der Waals surface area contributed by atoms with Crippen LogP contribution >= 0.6 is 15.9 Å². The fourth-order valence-corrected chi connectivity index (χ4v) is 4.48. The Morgan fingerprint density at radius 3 is 2.52 bits per heavy atom. The van der Waals surface area contributed by atoms with Gasteiger partial charge in [-0.05, 0) is 41.9 Å². The van der Waals surface area contributed by atoms with E-state index in [0.717, 1.165) is 0 Å². The number of nitrogens with zero attached hydrogens (tertiary/aromatic N) is 1. The predicted molar refractivity (Wildman–Crippen MR) is 91.8 cm³/mol. The molecule has 0 radical (unpaired) electrons. The van der Waals surface area contributed by atoms with Crippen molar-refractivity contribution in [3.8, 4) is 0 Å². The van der Waals surface area contributed by atoms with Crippen LogP contribution in [0.2, 0.25) is 0 Å². The highest BCUT2D eigenvalue weighted by molar-refractivity contribution is 9.10. The molecule has 0 spiro atoms. The molecule has 1 N–H and O–H groups in total. The molecule has 8 heteroatoms. The van der Waals surface area contributed by atoms with Gasteiger partial charge in [-0.15, -0.1) is 0 Å². The fourth-order valence-electron chi connectivity index (χ4n) is 2.52. The van der Waals surface area contributed by atoms with Gasteiger partial charge in [0.15, 0.2) is 0 Å². The second kappa shape index (κ2) is 7.74. The second-order valence-electron chi connectivity index (χ2n) is 5.63. The summed E-state index contributed by atoms with van der Waals surface area (Å²) in [6, 6.07) is 7.01. The van der Waals surface area contributed by atoms with Gasteiger partial charge in [-0.25, -0.2) is 8.42 Å². The van der Waals surface area contributed by atoms with E-state index in [1.807, 2.05) is 19.9 Å². The number of sulfonamides is 1. The van der Waals surface area contributed by atoms with E-state index < -0.39 is 10.0 Å². The van der Waals surface area contributed by atoms with E-state index in [4.69, 9.17) is 4.74 Å². The number of amides is 1. The predicted octanol–water partition coefficient (Wildman–Crippen LogP) is 1.62. The minimum absolute atomic E-state index is 0.0720. The number of rotatable bonds is 5. The normalized spacial score (nSPS) is 22.7. The SMILES string of the molecule is CC1CN(S(=O)(=O)CCNC(=O)c2ccccc2Br)CC(C)O1. The third-order valence-electron chi connectivity index (χ3n) is 3.54. The summed E-state index contributed by atoms with van der Waals surface area (Å²) in [5.74, 6) is -0.417. The molecule has 1 aliphatic rings. The maximum Gasteiger partial charge on any atom is 0.252 e. The molecule has 2 rings (SSSR count). The molecule has 1 heterocycles. The number of ether oxygens (including phenoxy) is 1. The van der Waals surface area contributed by atoms with E-state index in [1.165, 1.54) is 4.31 Å². The van der Waals surface area contributed by atoms with Crippen LogP contribution in [0.5, 0.6) is 0 Å². The summed E-state index contributed by atoms with van der Waals surface area (Å²) in [7, 11) is -3.41. The lowest BCUT2D eigenvalue weighted by Crippen LogP contribution is -2.49. The first-order valence-electron chi connectivity index (χ1n) is 7.45. The monoisotopic (exact) mass is 404 g/mol. The second-order valence-corrected chi connectivity index (χ2v) is 8.57. The van der Waals surface area contributed by atoms with Gasteiger partial charge in [-0.1, -0.05) is 12.1 Å². The fraction of sp³-hybridized carbons (Fsp3) is 0.533. The minimum atomic E-state index is -3.41. The Morgan fingerprint density at radius 2 is 1.91 bits per heavy atom. The van der Waals surface area contributed by atoms with Gasteiger partial charge in [-0.2, -0.15) is 4.31 Å². The summed E-state index contributed by atoms with van der Waals surface area (Å²) < 4.78 is 32.4. The van der Waals surface area contributed by atoms with Crippen molar-refractivity contribution in [3.05, 3.63) is 34.3 Å². The molecule has 0 bridgehead atoms. The van der Waals surface area contributed by atoms with Crippen LogP contribution in [0, 0.1) is 0 Å². The van der Waals surface area contributed by atoms with Crippen LogP contribution in [0.4, 0.5) is 0 Å². The number of morpholine rings is 1. The van der Waals surface area contributed by atoms with Crippen molar-refractivity contribution in [2.75, 3.05) is 25.4 Å². The van der Waals surface area contributed by atoms with E-state index >= 15 is 0 Å². The lowest BCUT2D eigenvalue weighted by atomic mass is 10.2. The van der Waals surface area contributed by atoms with Crippen molar-refractivity contribution >= 4 is 31.9 Å². The largest absolute Gasteiger partial charge is 0.373 e. The summed E-state index contributed by atoms with van der Waals surface area (Å²) in [5.41, 5.74) is 0.485. The molecule has 1 aromatic rings. The molecule has 1 aromatic carbocycles. The van der Waals surface area contributed by atoms with E-state index in [2.05, 4.69) is 21.2 Å². The summed E-state index contributed by atoms with van der Waals surface area (Å²) in [6.45, 7) is 4.48. The Balaban J connectivity index is 1.90. The average Bonchev–Trinajstić information content (AvgIpc) is 2.46. The van der Waals surface area contributed by atoms with Crippen molar-refractivity contribution in [3.63, 3.8) is 0 Å². The van der Waals surface area contributed by atoms with E-state index in [9.17, 15) is 13.2 Å². The summed E-state index contributed by atoms with van der Waals surface area (Å²) in [4.78, 5) is 12.1. The number of carbonyl (C=O) groups excluding carboxylic acids is 1. The van der Waals surface area contributed by atoms with E-state index in [1.54, 1.807) is 18.2 Å². The molecule has 0 aromatic heterocycles. The van der Waals surface area contributed by atoms with Gasteiger partial charge < -0.3 is 10.1 Å². The first-order chi connectivity index (χ1) is 10.8. The highest BCUT2D eigenvalue weighted by atomic mass is 79.9. The van der Waals surface area contributed by atoms with Crippen molar-refractivity contribution in [1.82, 2.24) is 9.62 Å². The standard InChI is InChI=1S/C15H21BrN2O4S/c1-11-9-18(10-12(2)22-11)23(20,21)8-7-17-15(19)13-5-3-4-6-14(13)16/h3-6,11-12H,7-10H2,1-2H3,(H,17,19). The summed E-state index contributed by atoms with van der Waals surface area (Å²) in [6.07, 6.45) is -0.244. The van der Waals surface area contributed by atoms with Gasteiger partial charge >= 0.3 is 0 Å². The Hall–Kier alpha value is -0.960. The lowest BCUT2D eigenvalue weighted by Gasteiger charge is -2.34. The van der Waals surface area contributed by atoms with Crippen LogP contribution in [0.3, 0.4) is 0 Å². The lowest BCUT2D eigenvalue weighted by molar-refractivity contribution is -0.0440. The van der Waals surface area contributed by atoms with Crippen LogP contribution in [-0.4, -0.2) is 56.2 Å². The van der Waals surface area contributed by atoms with Gasteiger partial charge in [0.2, 0.25) is 10.0 Å². The Bertz CT molecular complexity index is 655. The first kappa shape index (κ1) is 18.4. The molecule has 0 aliphatic carbocycles. The molecule has 1 amide bonds. The van der Waals surface area contributed by atoms with Crippen molar-refractivity contribution in [2.24, 2.45) is 0 Å². The first-order valence-corrected chi connectivity index (χ1v) is 9.86. The van der Waals surface area contributed by atoms with Gasteiger partial charge in [0.1, 0.15) is 0 Å². The molecule has 128 valence electrons. The number of hydrogen-bond donors (Lipinski definition) is 1. The van der Waals surface area contributed by atoms with Crippen LogP contribution in [0.15, 0.2) is 28.7 Å². The van der Waals surface area contributed by atoms with Gasteiger partial charge in [-0.3, -0.25) is 4.79 Å². The van der Waals surface area contributed by atoms with Crippen LogP contribution < -0.4 is 5.32 Å². The molecule has 2 atom stereocenters. The van der Waals surface area contributed by atoms with Gasteiger partial charge in [0.25, 0.3) is 5.91 Å². The van der Waals surface area contributed by atoms with E-state index in [0.29, 0.717) is 23.1 Å². The number of benzene rings is 1. The zero-order valence-electron chi connectivity index (χ0n) is 13.2. The average molecular weight is 405 g/mol. The van der Waals surface area contributed by atoms with Crippen molar-refractivity contribution < 1.29 is 17.9 Å². The van der Waals surface area contributed by atoms with Gasteiger partial charge in [0.05, 0.1) is 23.5 Å². The molecule has 6 nitrogen and oxygen atoms in total. The summed E-state index contributed by atoms with van der Waals surface area (Å²) in [5, 5.41) is 2.65. The van der Waals surface area contributed by atoms with Gasteiger partial charge in [0, 0.05) is 24.1 Å². The third kappa shape index (κ3) is 5.00. The Kier molecular flexibility index (Phi) is 6.19. The van der Waals surface area contributed by atoms with Crippen LogP contribution in [0.1, 0.15) is 24.2 Å². The van der Waals surface area contributed by atoms with Crippen molar-refractivity contribution in [1.29, 1.82) is 0 Å². The molecule has 23 heavy (non-hydrogen) atoms. The molecule has 2 unspecified atom stereocenters. The van der Waals surface area contributed by atoms with Crippen LogP contribution in [0.25, 0.3) is 0 Å². The maximum atomic E-state index is 12.4. The molecule has 0 saturated carbocycles. The number of halogens is 1. The molecular formula is C15H21BrN2O4S. The Labute approximate surface area is 145 Å². The zero-order chi connectivity index (χ0) is 17.0. The highest BCUT2D eigenvalue weighted by Crippen LogP contribution is 2.16. The summed E-state index contributed by atoms with van der Waals surface area (Å²) >= 11 is 3.30. The maximum absolute atomic E-state index is 12.4. The van der Waals surface area contributed by atoms with Crippen molar-refractivity contribution in [2.45, 2.75) is 26.1 Å².